The van der Waals surface area contributed by atoms with Gasteiger partial charge in [0.2, 0.25) is 0 Å². The molecule has 5 heteroatoms. The maximum atomic E-state index is 13.5. The number of nitrogens with zero attached hydrogens (tertiary/aromatic N) is 2. The van der Waals surface area contributed by atoms with Gasteiger partial charge in [0.15, 0.2) is 0 Å². The molecule has 0 unspecified atom stereocenters. The molecular weight excluding hydrogens is 297 g/mol. The van der Waals surface area contributed by atoms with Crippen molar-refractivity contribution in [2.24, 2.45) is 0 Å². The number of hydrogen-bond acceptors (Lipinski definition) is 4. The zero-order chi connectivity index (χ0) is 15.5. The summed E-state index contributed by atoms with van der Waals surface area (Å²) < 4.78 is 13.5. The van der Waals surface area contributed by atoms with E-state index in [1.807, 2.05) is 24.3 Å². The molecule has 2 aromatic heterocycles. The molecule has 0 bridgehead atoms. The van der Waals surface area contributed by atoms with E-state index in [0.29, 0.717) is 5.56 Å². The van der Waals surface area contributed by atoms with Crippen LogP contribution in [-0.4, -0.2) is 9.97 Å². The van der Waals surface area contributed by atoms with Crippen molar-refractivity contribution in [3.63, 3.8) is 0 Å². The molecule has 2 heterocycles. The molecule has 0 aliphatic carbocycles. The molecule has 0 aliphatic rings. The number of halogens is 1. The first-order valence-electron chi connectivity index (χ1n) is 7.11. The Hall–Kier alpha value is -2.27. The lowest BCUT2D eigenvalue weighted by Gasteiger charge is -2.06. The second-order valence-electron chi connectivity index (χ2n) is 4.94. The zero-order valence-electron chi connectivity index (χ0n) is 12.4. The SMILES string of the molecule is CCc1nc(-c2ccc(F)c(C)c2)c(Nc2ccccn2)s1. The molecule has 3 rings (SSSR count). The molecule has 0 saturated carbocycles. The molecule has 3 nitrogen and oxygen atoms in total. The van der Waals surface area contributed by atoms with Gasteiger partial charge in [-0.1, -0.05) is 13.0 Å². The highest BCUT2D eigenvalue weighted by atomic mass is 32.1. The van der Waals surface area contributed by atoms with Crippen molar-refractivity contribution in [1.29, 1.82) is 0 Å². The van der Waals surface area contributed by atoms with E-state index in [-0.39, 0.29) is 5.82 Å². The monoisotopic (exact) mass is 313 g/mol. The maximum absolute atomic E-state index is 13.5. The van der Waals surface area contributed by atoms with E-state index >= 15 is 0 Å². The van der Waals surface area contributed by atoms with Crippen LogP contribution < -0.4 is 5.32 Å². The molecule has 1 aromatic carbocycles. The van der Waals surface area contributed by atoms with Gasteiger partial charge in [-0.3, -0.25) is 0 Å². The Morgan fingerprint density at radius 1 is 1.23 bits per heavy atom. The zero-order valence-corrected chi connectivity index (χ0v) is 13.2. The highest BCUT2D eigenvalue weighted by Gasteiger charge is 2.14. The summed E-state index contributed by atoms with van der Waals surface area (Å²) in [5.41, 5.74) is 2.37. The van der Waals surface area contributed by atoms with Crippen LogP contribution in [0.2, 0.25) is 0 Å². The summed E-state index contributed by atoms with van der Waals surface area (Å²) in [5, 5.41) is 5.28. The van der Waals surface area contributed by atoms with Crippen LogP contribution in [-0.2, 0) is 6.42 Å². The van der Waals surface area contributed by atoms with E-state index in [4.69, 9.17) is 0 Å². The first kappa shape index (κ1) is 14.7. The van der Waals surface area contributed by atoms with E-state index < -0.39 is 0 Å². The molecular formula is C17H16FN3S. The van der Waals surface area contributed by atoms with E-state index in [1.54, 1.807) is 30.5 Å². The van der Waals surface area contributed by atoms with Crippen LogP contribution in [0.5, 0.6) is 0 Å². The fourth-order valence-electron chi connectivity index (χ4n) is 2.14. The molecule has 22 heavy (non-hydrogen) atoms. The van der Waals surface area contributed by atoms with Crippen molar-refractivity contribution in [2.75, 3.05) is 5.32 Å². The summed E-state index contributed by atoms with van der Waals surface area (Å²) >= 11 is 1.60. The topological polar surface area (TPSA) is 37.8 Å². The molecule has 0 radical (unpaired) electrons. The van der Waals surface area contributed by atoms with Gasteiger partial charge in [-0.05, 0) is 49.2 Å². The number of thiazole rings is 1. The van der Waals surface area contributed by atoms with Crippen LogP contribution in [0.4, 0.5) is 15.2 Å². The summed E-state index contributed by atoms with van der Waals surface area (Å²) in [6, 6.07) is 10.8. The Kier molecular flexibility index (Phi) is 4.15. The maximum Gasteiger partial charge on any atom is 0.130 e. The lowest BCUT2D eigenvalue weighted by atomic mass is 10.1. The van der Waals surface area contributed by atoms with Gasteiger partial charge in [0.05, 0.1) is 5.01 Å². The van der Waals surface area contributed by atoms with Gasteiger partial charge in [-0.2, -0.15) is 0 Å². The molecule has 3 aromatic rings. The Bertz CT molecular complexity index is 784. The molecule has 0 saturated heterocycles. The van der Waals surface area contributed by atoms with Gasteiger partial charge in [0.25, 0.3) is 0 Å². The van der Waals surface area contributed by atoms with E-state index in [9.17, 15) is 4.39 Å². The first-order valence-corrected chi connectivity index (χ1v) is 7.93. The van der Waals surface area contributed by atoms with E-state index in [1.165, 1.54) is 6.07 Å². The first-order chi connectivity index (χ1) is 10.7. The summed E-state index contributed by atoms with van der Waals surface area (Å²) in [7, 11) is 0. The van der Waals surface area contributed by atoms with Gasteiger partial charge >= 0.3 is 0 Å². The summed E-state index contributed by atoms with van der Waals surface area (Å²) in [6.45, 7) is 3.83. The van der Waals surface area contributed by atoms with Gasteiger partial charge < -0.3 is 5.32 Å². The fourth-order valence-corrected chi connectivity index (χ4v) is 3.07. The van der Waals surface area contributed by atoms with Gasteiger partial charge in [0, 0.05) is 11.8 Å². The lowest BCUT2D eigenvalue weighted by Crippen LogP contribution is -1.93. The molecule has 0 amide bonds. The molecule has 112 valence electrons. The van der Waals surface area contributed by atoms with E-state index in [0.717, 1.165) is 33.5 Å². The van der Waals surface area contributed by atoms with E-state index in [2.05, 4.69) is 22.2 Å². The Balaban J connectivity index is 2.02. The van der Waals surface area contributed by atoms with Crippen LogP contribution in [0.25, 0.3) is 11.3 Å². The van der Waals surface area contributed by atoms with Crippen LogP contribution in [0.15, 0.2) is 42.6 Å². The third-order valence-electron chi connectivity index (χ3n) is 3.31. The van der Waals surface area contributed by atoms with Crippen LogP contribution in [0, 0.1) is 12.7 Å². The number of aromatic nitrogens is 2. The second kappa shape index (κ2) is 6.23. The largest absolute Gasteiger partial charge is 0.330 e. The van der Waals surface area contributed by atoms with Crippen molar-refractivity contribution in [2.45, 2.75) is 20.3 Å². The average molecular weight is 313 g/mol. The third-order valence-corrected chi connectivity index (χ3v) is 4.43. The van der Waals surface area contributed by atoms with Crippen molar-refractivity contribution in [1.82, 2.24) is 9.97 Å². The smallest absolute Gasteiger partial charge is 0.130 e. The molecule has 1 N–H and O–H groups in total. The molecule has 0 fully saturated rings. The van der Waals surface area contributed by atoms with Crippen LogP contribution in [0.1, 0.15) is 17.5 Å². The third kappa shape index (κ3) is 2.99. The minimum absolute atomic E-state index is 0.200. The highest BCUT2D eigenvalue weighted by Crippen LogP contribution is 2.35. The predicted octanol–water partition coefficient (Wildman–Crippen LogP) is 4.96. The molecule has 0 spiro atoms. The number of benzene rings is 1. The Morgan fingerprint density at radius 2 is 2.09 bits per heavy atom. The van der Waals surface area contributed by atoms with Crippen molar-refractivity contribution in [3.05, 3.63) is 59.0 Å². The Morgan fingerprint density at radius 3 is 2.77 bits per heavy atom. The van der Waals surface area contributed by atoms with Crippen LogP contribution >= 0.6 is 11.3 Å². The van der Waals surface area contributed by atoms with Crippen molar-refractivity contribution < 1.29 is 4.39 Å². The van der Waals surface area contributed by atoms with Gasteiger partial charge in [0.1, 0.15) is 22.3 Å². The minimum Gasteiger partial charge on any atom is -0.330 e. The van der Waals surface area contributed by atoms with Gasteiger partial charge in [-0.15, -0.1) is 11.3 Å². The lowest BCUT2D eigenvalue weighted by molar-refractivity contribution is 0.619. The number of hydrogen-bond donors (Lipinski definition) is 1. The Labute approximate surface area is 132 Å². The second-order valence-corrected chi connectivity index (χ2v) is 6.03. The van der Waals surface area contributed by atoms with Crippen molar-refractivity contribution in [3.8, 4) is 11.3 Å². The quantitative estimate of drug-likeness (QED) is 0.740. The predicted molar refractivity (Wildman–Crippen MR) is 89.1 cm³/mol. The van der Waals surface area contributed by atoms with Gasteiger partial charge in [-0.25, -0.2) is 14.4 Å². The minimum atomic E-state index is -0.200. The number of aryl methyl sites for hydroxylation is 2. The number of rotatable bonds is 4. The standard InChI is InChI=1S/C17H16FN3S/c1-3-15-21-16(12-7-8-13(18)11(2)10-12)17(22-15)20-14-6-4-5-9-19-14/h4-10H,3H2,1-2H3,(H,19,20). The van der Waals surface area contributed by atoms with Crippen LogP contribution in [0.3, 0.4) is 0 Å². The summed E-state index contributed by atoms with van der Waals surface area (Å²) in [4.78, 5) is 8.96. The molecule has 0 atom stereocenters. The summed E-state index contributed by atoms with van der Waals surface area (Å²) in [5.74, 6) is 0.572. The number of pyridine rings is 1. The average Bonchev–Trinajstić information content (AvgIpc) is 2.94. The fraction of sp³-hybridized carbons (Fsp3) is 0.176. The highest BCUT2D eigenvalue weighted by molar-refractivity contribution is 7.16. The molecule has 0 aliphatic heterocycles. The number of anilines is 2. The summed E-state index contributed by atoms with van der Waals surface area (Å²) in [6.07, 6.45) is 2.60. The normalized spacial score (nSPS) is 10.7. The van der Waals surface area contributed by atoms with Crippen molar-refractivity contribution >= 4 is 22.2 Å². The number of nitrogens with one attached hydrogen (secondary N) is 1.